The van der Waals surface area contributed by atoms with Gasteiger partial charge in [-0.15, -0.1) is 0 Å². The van der Waals surface area contributed by atoms with Crippen molar-refractivity contribution in [3.05, 3.63) is 50.9 Å². The van der Waals surface area contributed by atoms with Crippen LogP contribution in [0.2, 0.25) is 0 Å². The summed E-state index contributed by atoms with van der Waals surface area (Å²) in [5.74, 6) is -1.03. The molecule has 1 aromatic carbocycles. The molecule has 0 fully saturated rings. The van der Waals surface area contributed by atoms with E-state index in [1.807, 2.05) is 6.92 Å². The zero-order chi connectivity index (χ0) is 14.2. The number of aryl methyl sites for hydroxylation is 2. The van der Waals surface area contributed by atoms with Crippen LogP contribution in [0.25, 0.3) is 11.4 Å². The Morgan fingerprint density at radius 3 is 2.48 bits per heavy atom. The first-order valence-electron chi connectivity index (χ1n) is 5.66. The van der Waals surface area contributed by atoms with Crippen LogP contribution in [-0.4, -0.2) is 21.0 Å². The van der Waals surface area contributed by atoms with Crippen LogP contribution in [0.15, 0.2) is 10.9 Å². The fourth-order valence-corrected chi connectivity index (χ4v) is 1.79. The Hall–Kier alpha value is -0.638. The molecule has 0 atom stereocenters. The van der Waals surface area contributed by atoms with Gasteiger partial charge in [-0.1, -0.05) is 13.8 Å². The number of benzene rings is 1. The minimum Gasteiger partial charge on any atom is -0.477 e. The molecule has 0 amide bonds. The number of aromatic nitrogens is 2. The van der Waals surface area contributed by atoms with Crippen molar-refractivity contribution in [2.75, 3.05) is 0 Å². The number of hydrogen-bond acceptors (Lipinski definition) is 3. The van der Waals surface area contributed by atoms with E-state index in [1.54, 1.807) is 13.0 Å². The molecule has 0 aliphatic rings. The summed E-state index contributed by atoms with van der Waals surface area (Å²) in [5, 5.41) is 9.04. The molecule has 1 heterocycles. The Bertz CT molecular complexity index is 729. The molecule has 0 aliphatic heterocycles. The Kier molecular flexibility index (Phi) is 7.87. The summed E-state index contributed by atoms with van der Waals surface area (Å²) in [5.41, 5.74) is 1.59. The number of H-pyrrole nitrogens is 1. The van der Waals surface area contributed by atoms with E-state index in [4.69, 9.17) is 5.11 Å². The van der Waals surface area contributed by atoms with Crippen molar-refractivity contribution >= 4 is 5.97 Å². The third-order valence-electron chi connectivity index (χ3n) is 2.78. The van der Waals surface area contributed by atoms with Gasteiger partial charge in [0.1, 0.15) is 5.69 Å². The summed E-state index contributed by atoms with van der Waals surface area (Å²) in [7, 11) is 0. The summed E-state index contributed by atoms with van der Waals surface area (Å²) < 4.78 is 0. The summed E-state index contributed by atoms with van der Waals surface area (Å²) in [6.07, 6.45) is 0. The standard InChI is InChI=1S/C14H12N2O3.W.Y/c1-7-4-5-10(8(2)6-7)12-15-11(14(18)19)9(3)13(17)16-12;;/h4H,1-3H3,(H,18,19)(H,15,16,17);;/q-2;;. The van der Waals surface area contributed by atoms with Crippen molar-refractivity contribution in [1.29, 1.82) is 0 Å². The van der Waals surface area contributed by atoms with Gasteiger partial charge in [0.05, 0.1) is 0 Å². The van der Waals surface area contributed by atoms with Gasteiger partial charge >= 0.3 is 5.97 Å². The molecule has 0 saturated heterocycles. The number of carboxylic acid groups (broad SMARTS) is 1. The van der Waals surface area contributed by atoms with E-state index in [-0.39, 0.29) is 70.9 Å². The van der Waals surface area contributed by atoms with Crippen LogP contribution in [0.4, 0.5) is 0 Å². The van der Waals surface area contributed by atoms with Gasteiger partial charge in [0.15, 0.2) is 0 Å². The molecular formula is C14H12N2O3WY-2. The van der Waals surface area contributed by atoms with Gasteiger partial charge < -0.3 is 10.1 Å². The zero-order valence-electron chi connectivity index (χ0n) is 11.8. The van der Waals surface area contributed by atoms with Gasteiger partial charge in [0.2, 0.25) is 5.56 Å². The summed E-state index contributed by atoms with van der Waals surface area (Å²) in [6.45, 7) is 5.11. The van der Waals surface area contributed by atoms with E-state index >= 15 is 0 Å². The van der Waals surface area contributed by atoms with Gasteiger partial charge in [-0.05, 0) is 6.92 Å². The fraction of sp³-hybridized carbons (Fsp3) is 0.214. The second kappa shape index (κ2) is 8.12. The topological polar surface area (TPSA) is 83.0 Å². The first-order valence-corrected chi connectivity index (χ1v) is 5.66. The minimum atomic E-state index is -1.22. The fourth-order valence-electron chi connectivity index (χ4n) is 1.79. The van der Waals surface area contributed by atoms with Crippen LogP contribution in [0.5, 0.6) is 0 Å². The van der Waals surface area contributed by atoms with E-state index in [9.17, 15) is 9.59 Å². The monoisotopic (exact) mass is 529 g/mol. The Morgan fingerprint density at radius 2 is 1.95 bits per heavy atom. The number of carboxylic acids is 1. The molecular weight excluding hydrogens is 517 g/mol. The number of aromatic amines is 1. The van der Waals surface area contributed by atoms with Crippen molar-refractivity contribution in [3.8, 4) is 11.4 Å². The number of nitrogens with zero attached hydrogens (tertiary/aromatic N) is 1. The Morgan fingerprint density at radius 1 is 1.33 bits per heavy atom. The Labute approximate surface area is 161 Å². The molecule has 7 heteroatoms. The van der Waals surface area contributed by atoms with Gasteiger partial charge in [0.25, 0.3) is 0 Å². The average Bonchev–Trinajstić information content (AvgIpc) is 2.32. The molecule has 0 unspecified atom stereocenters. The van der Waals surface area contributed by atoms with Crippen molar-refractivity contribution in [2.45, 2.75) is 20.8 Å². The molecule has 0 aliphatic carbocycles. The van der Waals surface area contributed by atoms with Crippen LogP contribution in [0.3, 0.4) is 0 Å². The van der Waals surface area contributed by atoms with Crippen LogP contribution in [0.1, 0.15) is 27.2 Å². The molecule has 1 radical (unpaired) electrons. The normalized spacial score (nSPS) is 9.48. The van der Waals surface area contributed by atoms with Gasteiger partial charge in [-0.25, -0.2) is 21.5 Å². The second-order valence-electron chi connectivity index (χ2n) is 4.29. The zero-order valence-corrected chi connectivity index (χ0v) is 17.5. The minimum absolute atomic E-state index is 0. The smallest absolute Gasteiger partial charge is 0.354 e. The quantitative estimate of drug-likeness (QED) is 0.581. The maximum Gasteiger partial charge on any atom is 0.354 e. The van der Waals surface area contributed by atoms with Gasteiger partial charge in [-0.3, -0.25) is 28.0 Å². The molecule has 2 aromatic rings. The van der Waals surface area contributed by atoms with E-state index in [0.29, 0.717) is 5.56 Å². The maximum atomic E-state index is 11.7. The maximum absolute atomic E-state index is 11.7. The number of hydrogen-bond donors (Lipinski definition) is 2. The molecule has 0 saturated carbocycles. The second-order valence-corrected chi connectivity index (χ2v) is 4.29. The molecule has 21 heavy (non-hydrogen) atoms. The average molecular weight is 529 g/mol. The largest absolute Gasteiger partial charge is 0.477 e. The van der Waals surface area contributed by atoms with E-state index in [1.165, 1.54) is 6.92 Å². The van der Waals surface area contributed by atoms with Gasteiger partial charge in [-0.2, -0.15) is 0 Å². The molecule has 0 bridgehead atoms. The molecule has 2 N–H and O–H groups in total. The van der Waals surface area contributed by atoms with E-state index in [0.717, 1.165) is 11.1 Å². The van der Waals surface area contributed by atoms with Crippen LogP contribution >= 0.6 is 0 Å². The predicted octanol–water partition coefficient (Wildman–Crippen LogP) is 1.66. The number of rotatable bonds is 2. The van der Waals surface area contributed by atoms with Crippen molar-refractivity contribution < 1.29 is 63.7 Å². The van der Waals surface area contributed by atoms with Crippen LogP contribution in [0, 0.1) is 32.9 Å². The van der Waals surface area contributed by atoms with Crippen molar-refractivity contribution in [1.82, 2.24) is 9.97 Å². The summed E-state index contributed by atoms with van der Waals surface area (Å²) in [6, 6.07) is 7.77. The Balaban J connectivity index is 0.00000200. The van der Waals surface area contributed by atoms with E-state index < -0.39 is 11.5 Å². The number of aromatic carboxylic acids is 1. The molecule has 2 rings (SSSR count). The number of carbonyl (C=O) groups is 1. The van der Waals surface area contributed by atoms with Crippen LogP contribution in [-0.2, 0) is 53.8 Å². The third kappa shape index (κ3) is 4.41. The predicted molar refractivity (Wildman–Crippen MR) is 69.1 cm³/mol. The molecule has 0 spiro atoms. The summed E-state index contributed by atoms with van der Waals surface area (Å²) in [4.78, 5) is 29.4. The van der Waals surface area contributed by atoms with Crippen molar-refractivity contribution in [3.63, 3.8) is 0 Å². The van der Waals surface area contributed by atoms with Crippen LogP contribution < -0.4 is 5.56 Å². The molecule has 5 nitrogen and oxygen atoms in total. The van der Waals surface area contributed by atoms with E-state index in [2.05, 4.69) is 22.1 Å². The van der Waals surface area contributed by atoms with Gasteiger partial charge in [0, 0.05) is 65.2 Å². The first-order chi connectivity index (χ1) is 8.90. The number of nitrogens with one attached hydrogen (secondary N) is 1. The first kappa shape index (κ1) is 20.4. The molecule has 1 aromatic heterocycles. The molecule has 107 valence electrons. The summed E-state index contributed by atoms with van der Waals surface area (Å²) >= 11 is 0. The van der Waals surface area contributed by atoms with Crippen molar-refractivity contribution in [2.24, 2.45) is 0 Å². The third-order valence-corrected chi connectivity index (χ3v) is 2.78. The SMILES string of the molecule is Cc1[c-]c(C)c(-c2nc(C(=O)O)c(C)c(=O)[nH]2)[c-]c1.[W].[Y].